The highest BCUT2D eigenvalue weighted by molar-refractivity contribution is 5.95. The Morgan fingerprint density at radius 3 is 2.50 bits per heavy atom. The zero-order valence-electron chi connectivity index (χ0n) is 16.7. The number of amides is 1. The molecule has 3 aromatic rings. The number of nitrogens with one attached hydrogen (secondary N) is 1. The smallest absolute Gasteiger partial charge is 0.325 e. The van der Waals surface area contributed by atoms with Gasteiger partial charge in [0, 0.05) is 5.56 Å². The van der Waals surface area contributed by atoms with Gasteiger partial charge in [-0.15, -0.1) is 0 Å². The molecule has 7 nitrogen and oxygen atoms in total. The molecule has 7 heteroatoms. The molecule has 1 aliphatic rings. The fraction of sp³-hybridized carbons (Fsp3) is 0.261. The summed E-state index contributed by atoms with van der Waals surface area (Å²) in [6, 6.07) is 18.8. The molecule has 1 aromatic heterocycles. The third-order valence-electron chi connectivity index (χ3n) is 4.90. The Balaban J connectivity index is 1.54. The summed E-state index contributed by atoms with van der Waals surface area (Å²) in [7, 11) is 1.61. The van der Waals surface area contributed by atoms with Gasteiger partial charge in [-0.1, -0.05) is 18.2 Å². The fourth-order valence-corrected chi connectivity index (χ4v) is 3.01. The second-order valence-electron chi connectivity index (χ2n) is 7.20. The zero-order chi connectivity index (χ0) is 20.9. The van der Waals surface area contributed by atoms with E-state index in [2.05, 4.69) is 10.4 Å². The van der Waals surface area contributed by atoms with Gasteiger partial charge in [0.2, 0.25) is 0 Å². The number of rotatable bonds is 8. The lowest BCUT2D eigenvalue weighted by Gasteiger charge is -2.08. The Bertz CT molecular complexity index is 1020. The maximum absolute atomic E-state index is 12.6. The summed E-state index contributed by atoms with van der Waals surface area (Å²) in [6.45, 7) is 0.251. The highest BCUT2D eigenvalue weighted by atomic mass is 16.5. The SMILES string of the molecule is COc1ccc(-c2cc(C(=O)NCC(=O)OCC3CC3)nn2-c2ccccc2)cc1. The molecule has 0 radical (unpaired) electrons. The second kappa shape index (κ2) is 8.82. The summed E-state index contributed by atoms with van der Waals surface area (Å²) in [5.74, 6) is 0.362. The van der Waals surface area contributed by atoms with E-state index in [1.165, 1.54) is 0 Å². The van der Waals surface area contributed by atoms with Gasteiger partial charge in [-0.05, 0) is 61.2 Å². The van der Waals surface area contributed by atoms with E-state index in [0.717, 1.165) is 35.5 Å². The van der Waals surface area contributed by atoms with E-state index in [9.17, 15) is 9.59 Å². The molecular weight excluding hydrogens is 382 g/mol. The molecule has 0 atom stereocenters. The van der Waals surface area contributed by atoms with Crippen LogP contribution in [0.2, 0.25) is 0 Å². The van der Waals surface area contributed by atoms with Crippen LogP contribution in [0.15, 0.2) is 60.7 Å². The van der Waals surface area contributed by atoms with Crippen molar-refractivity contribution in [2.24, 2.45) is 5.92 Å². The van der Waals surface area contributed by atoms with E-state index < -0.39 is 11.9 Å². The molecule has 1 fully saturated rings. The fourth-order valence-electron chi connectivity index (χ4n) is 3.01. The van der Waals surface area contributed by atoms with Crippen molar-refractivity contribution in [2.45, 2.75) is 12.8 Å². The molecule has 0 bridgehead atoms. The van der Waals surface area contributed by atoms with Crippen LogP contribution in [-0.4, -0.2) is 41.9 Å². The molecule has 4 rings (SSSR count). The zero-order valence-corrected chi connectivity index (χ0v) is 16.7. The van der Waals surface area contributed by atoms with Gasteiger partial charge in [0.05, 0.1) is 25.1 Å². The van der Waals surface area contributed by atoms with Gasteiger partial charge in [0.25, 0.3) is 5.91 Å². The minimum atomic E-state index is -0.437. The van der Waals surface area contributed by atoms with Crippen molar-refractivity contribution in [3.05, 3.63) is 66.4 Å². The van der Waals surface area contributed by atoms with Crippen molar-refractivity contribution in [1.29, 1.82) is 0 Å². The van der Waals surface area contributed by atoms with E-state index in [4.69, 9.17) is 9.47 Å². The lowest BCUT2D eigenvalue weighted by molar-refractivity contribution is -0.142. The van der Waals surface area contributed by atoms with Crippen molar-refractivity contribution in [2.75, 3.05) is 20.3 Å². The normalized spacial score (nSPS) is 13.0. The number of carbonyl (C=O) groups is 2. The van der Waals surface area contributed by atoms with Crippen LogP contribution in [-0.2, 0) is 9.53 Å². The predicted octanol–water partition coefficient (Wildman–Crippen LogP) is 3.23. The predicted molar refractivity (Wildman–Crippen MR) is 112 cm³/mol. The second-order valence-corrected chi connectivity index (χ2v) is 7.20. The molecule has 154 valence electrons. The van der Waals surface area contributed by atoms with Crippen molar-refractivity contribution in [3.8, 4) is 22.7 Å². The number of hydrogen-bond donors (Lipinski definition) is 1. The minimum Gasteiger partial charge on any atom is -0.497 e. The third-order valence-corrected chi connectivity index (χ3v) is 4.90. The lowest BCUT2D eigenvalue weighted by atomic mass is 10.1. The number of hydrogen-bond acceptors (Lipinski definition) is 5. The standard InChI is InChI=1S/C23H23N3O4/c1-29-19-11-9-17(10-12-19)21-13-20(25-26(21)18-5-3-2-4-6-18)23(28)24-14-22(27)30-15-16-7-8-16/h2-6,9-13,16H,7-8,14-15H2,1H3,(H,24,28). The number of benzene rings is 2. The van der Waals surface area contributed by atoms with Crippen LogP contribution in [0.5, 0.6) is 5.75 Å². The summed E-state index contributed by atoms with van der Waals surface area (Å²) in [5, 5.41) is 7.08. The molecule has 1 N–H and O–H groups in total. The maximum atomic E-state index is 12.6. The molecule has 1 saturated carbocycles. The molecule has 0 unspecified atom stereocenters. The molecule has 0 spiro atoms. The number of aromatic nitrogens is 2. The number of carbonyl (C=O) groups excluding carboxylic acids is 2. The number of nitrogens with zero attached hydrogens (tertiary/aromatic N) is 2. The molecule has 1 heterocycles. The van der Waals surface area contributed by atoms with Crippen molar-refractivity contribution in [3.63, 3.8) is 0 Å². The van der Waals surface area contributed by atoms with Gasteiger partial charge >= 0.3 is 5.97 Å². The molecule has 0 aliphatic heterocycles. The topological polar surface area (TPSA) is 82.4 Å². The van der Waals surface area contributed by atoms with Gasteiger partial charge in [-0.3, -0.25) is 9.59 Å². The molecule has 1 aliphatic carbocycles. The molecular formula is C23H23N3O4. The van der Waals surface area contributed by atoms with Crippen LogP contribution in [0.1, 0.15) is 23.3 Å². The van der Waals surface area contributed by atoms with E-state index in [-0.39, 0.29) is 12.2 Å². The first kappa shape index (κ1) is 19.7. The number of esters is 1. The largest absolute Gasteiger partial charge is 0.497 e. The van der Waals surface area contributed by atoms with E-state index in [1.54, 1.807) is 17.9 Å². The van der Waals surface area contributed by atoms with Crippen molar-refractivity contribution in [1.82, 2.24) is 15.1 Å². The Hall–Kier alpha value is -3.61. The summed E-state index contributed by atoms with van der Waals surface area (Å²) in [4.78, 5) is 24.4. The Morgan fingerprint density at radius 1 is 1.10 bits per heavy atom. The number of methoxy groups -OCH3 is 1. The molecule has 0 saturated heterocycles. The van der Waals surface area contributed by atoms with Gasteiger partial charge in [-0.25, -0.2) is 4.68 Å². The Morgan fingerprint density at radius 2 is 1.83 bits per heavy atom. The van der Waals surface area contributed by atoms with Crippen LogP contribution >= 0.6 is 0 Å². The van der Waals surface area contributed by atoms with Crippen LogP contribution in [0.3, 0.4) is 0 Å². The number of ether oxygens (including phenoxy) is 2. The molecule has 30 heavy (non-hydrogen) atoms. The van der Waals surface area contributed by atoms with Gasteiger partial charge < -0.3 is 14.8 Å². The maximum Gasteiger partial charge on any atom is 0.325 e. The molecule has 1 amide bonds. The van der Waals surface area contributed by atoms with E-state index in [0.29, 0.717) is 12.5 Å². The first-order valence-corrected chi connectivity index (χ1v) is 9.88. The summed E-state index contributed by atoms with van der Waals surface area (Å²) < 4.78 is 12.1. The summed E-state index contributed by atoms with van der Waals surface area (Å²) in [6.07, 6.45) is 2.20. The number of para-hydroxylation sites is 1. The van der Waals surface area contributed by atoms with Crippen LogP contribution in [0, 0.1) is 5.92 Å². The lowest BCUT2D eigenvalue weighted by Crippen LogP contribution is -2.31. The first-order valence-electron chi connectivity index (χ1n) is 9.88. The molecule has 2 aromatic carbocycles. The third kappa shape index (κ3) is 4.68. The Labute approximate surface area is 174 Å². The van der Waals surface area contributed by atoms with Gasteiger partial charge in [0.15, 0.2) is 5.69 Å². The Kier molecular flexibility index (Phi) is 5.79. The monoisotopic (exact) mass is 405 g/mol. The quantitative estimate of drug-likeness (QED) is 0.582. The highest BCUT2D eigenvalue weighted by Crippen LogP contribution is 2.29. The minimum absolute atomic E-state index is 0.179. The van der Waals surface area contributed by atoms with Gasteiger partial charge in [-0.2, -0.15) is 5.10 Å². The average Bonchev–Trinajstić information content (AvgIpc) is 3.52. The summed E-state index contributed by atoms with van der Waals surface area (Å²) in [5.41, 5.74) is 2.69. The van der Waals surface area contributed by atoms with Crippen molar-refractivity contribution < 1.29 is 19.1 Å². The van der Waals surface area contributed by atoms with E-state index >= 15 is 0 Å². The van der Waals surface area contributed by atoms with Crippen molar-refractivity contribution >= 4 is 11.9 Å². The highest BCUT2D eigenvalue weighted by Gasteiger charge is 2.23. The summed E-state index contributed by atoms with van der Waals surface area (Å²) >= 11 is 0. The van der Waals surface area contributed by atoms with Crippen LogP contribution in [0.4, 0.5) is 0 Å². The van der Waals surface area contributed by atoms with Crippen LogP contribution < -0.4 is 10.1 Å². The first-order chi connectivity index (χ1) is 14.6. The average molecular weight is 405 g/mol. The van der Waals surface area contributed by atoms with Crippen LogP contribution in [0.25, 0.3) is 16.9 Å². The van der Waals surface area contributed by atoms with E-state index in [1.807, 2.05) is 54.6 Å². The van der Waals surface area contributed by atoms with Gasteiger partial charge in [0.1, 0.15) is 12.3 Å².